The Bertz CT molecular complexity index is 630. The standard InChI is InChI=1S/C13H12BrClN2O3/c1-7-5-12(17-20-7)16-13(18)8(2)19-11-4-3-9(15)6-10(11)14/h3-6,8H,1-2H3,(H,16,17,18). The van der Waals surface area contributed by atoms with E-state index in [-0.39, 0.29) is 5.91 Å². The fraction of sp³-hybridized carbons (Fsp3) is 0.231. The summed E-state index contributed by atoms with van der Waals surface area (Å²) >= 11 is 9.17. The van der Waals surface area contributed by atoms with E-state index in [1.807, 2.05) is 0 Å². The molecule has 0 aliphatic heterocycles. The van der Waals surface area contributed by atoms with Crippen molar-refractivity contribution in [1.29, 1.82) is 0 Å². The third-order valence-corrected chi connectivity index (χ3v) is 3.30. The molecule has 1 aromatic heterocycles. The monoisotopic (exact) mass is 358 g/mol. The SMILES string of the molecule is Cc1cc(NC(=O)C(C)Oc2ccc(Cl)cc2Br)no1. The predicted octanol–water partition coefficient (Wildman–Crippen LogP) is 3.80. The summed E-state index contributed by atoms with van der Waals surface area (Å²) in [5.41, 5.74) is 0. The second-order valence-corrected chi connectivity index (χ2v) is 5.44. The van der Waals surface area contributed by atoms with Crippen molar-refractivity contribution in [2.45, 2.75) is 20.0 Å². The van der Waals surface area contributed by atoms with Gasteiger partial charge in [-0.3, -0.25) is 4.79 Å². The number of hydrogen-bond donors (Lipinski definition) is 1. The van der Waals surface area contributed by atoms with Crippen molar-refractivity contribution < 1.29 is 14.1 Å². The first-order valence-electron chi connectivity index (χ1n) is 5.81. The molecular formula is C13H12BrClN2O3. The molecule has 1 aromatic carbocycles. The van der Waals surface area contributed by atoms with Crippen molar-refractivity contribution in [2.75, 3.05) is 5.32 Å². The van der Waals surface area contributed by atoms with Crippen LogP contribution in [0.2, 0.25) is 5.02 Å². The van der Waals surface area contributed by atoms with Crippen LogP contribution in [0, 0.1) is 6.92 Å². The topological polar surface area (TPSA) is 64.4 Å². The number of nitrogens with one attached hydrogen (secondary N) is 1. The van der Waals surface area contributed by atoms with Crippen LogP contribution in [0.4, 0.5) is 5.82 Å². The van der Waals surface area contributed by atoms with Crippen LogP contribution < -0.4 is 10.1 Å². The predicted molar refractivity (Wildman–Crippen MR) is 79.1 cm³/mol. The van der Waals surface area contributed by atoms with Crippen molar-refractivity contribution in [1.82, 2.24) is 5.16 Å². The van der Waals surface area contributed by atoms with Crippen LogP contribution in [0.3, 0.4) is 0 Å². The van der Waals surface area contributed by atoms with Crippen LogP contribution in [0.15, 0.2) is 33.3 Å². The molecule has 1 atom stereocenters. The first-order chi connectivity index (χ1) is 9.45. The minimum atomic E-state index is -0.690. The van der Waals surface area contributed by atoms with Gasteiger partial charge in [-0.25, -0.2) is 0 Å². The summed E-state index contributed by atoms with van der Waals surface area (Å²) in [6.45, 7) is 3.39. The van der Waals surface area contributed by atoms with Gasteiger partial charge in [0.25, 0.3) is 5.91 Å². The third kappa shape index (κ3) is 3.74. The average molecular weight is 360 g/mol. The molecule has 5 nitrogen and oxygen atoms in total. The number of amides is 1. The number of anilines is 1. The molecule has 106 valence electrons. The summed E-state index contributed by atoms with van der Waals surface area (Å²) in [4.78, 5) is 11.9. The Labute approximate surface area is 129 Å². The summed E-state index contributed by atoms with van der Waals surface area (Å²) in [5.74, 6) is 1.20. The highest BCUT2D eigenvalue weighted by Crippen LogP contribution is 2.28. The molecule has 0 spiro atoms. The molecule has 1 amide bonds. The lowest BCUT2D eigenvalue weighted by Crippen LogP contribution is -2.30. The Balaban J connectivity index is 2.00. The molecular weight excluding hydrogens is 348 g/mol. The van der Waals surface area contributed by atoms with Gasteiger partial charge in [-0.15, -0.1) is 0 Å². The van der Waals surface area contributed by atoms with Crippen LogP contribution in [0.1, 0.15) is 12.7 Å². The molecule has 7 heteroatoms. The quantitative estimate of drug-likeness (QED) is 0.901. The highest BCUT2D eigenvalue weighted by atomic mass is 79.9. The van der Waals surface area contributed by atoms with Gasteiger partial charge in [0.2, 0.25) is 0 Å². The minimum absolute atomic E-state index is 0.319. The molecule has 0 aliphatic rings. The molecule has 0 aliphatic carbocycles. The van der Waals surface area contributed by atoms with Gasteiger partial charge >= 0.3 is 0 Å². The maximum atomic E-state index is 11.9. The molecule has 2 aromatic rings. The summed E-state index contributed by atoms with van der Waals surface area (Å²) in [7, 11) is 0. The van der Waals surface area contributed by atoms with Crippen molar-refractivity contribution in [3.63, 3.8) is 0 Å². The molecule has 0 radical (unpaired) electrons. The molecule has 2 rings (SSSR count). The van der Waals surface area contributed by atoms with Crippen LogP contribution in [0.5, 0.6) is 5.75 Å². The number of halogens is 2. The maximum Gasteiger partial charge on any atom is 0.266 e. The molecule has 0 saturated carbocycles. The fourth-order valence-electron chi connectivity index (χ4n) is 1.47. The molecule has 0 saturated heterocycles. The number of aryl methyl sites for hydroxylation is 1. The molecule has 1 unspecified atom stereocenters. The van der Waals surface area contributed by atoms with E-state index in [0.29, 0.717) is 26.8 Å². The minimum Gasteiger partial charge on any atom is -0.480 e. The number of rotatable bonds is 4. The first kappa shape index (κ1) is 14.9. The summed E-state index contributed by atoms with van der Waals surface area (Å²) < 4.78 is 11.1. The van der Waals surface area contributed by atoms with E-state index in [1.54, 1.807) is 38.1 Å². The molecule has 0 fully saturated rings. The molecule has 1 heterocycles. The molecule has 0 bridgehead atoms. The van der Waals surface area contributed by atoms with Gasteiger partial charge in [-0.05, 0) is 48.0 Å². The van der Waals surface area contributed by atoms with E-state index < -0.39 is 6.10 Å². The van der Waals surface area contributed by atoms with Gasteiger partial charge in [-0.2, -0.15) is 0 Å². The number of ether oxygens (including phenoxy) is 1. The second kappa shape index (κ2) is 6.28. The van der Waals surface area contributed by atoms with E-state index in [4.69, 9.17) is 20.9 Å². The van der Waals surface area contributed by atoms with E-state index in [0.717, 1.165) is 0 Å². The number of carbonyl (C=O) groups is 1. The van der Waals surface area contributed by atoms with Crippen molar-refractivity contribution in [3.05, 3.63) is 39.5 Å². The normalized spacial score (nSPS) is 12.0. The zero-order valence-electron chi connectivity index (χ0n) is 10.8. The summed E-state index contributed by atoms with van der Waals surface area (Å²) in [6, 6.07) is 6.70. The smallest absolute Gasteiger partial charge is 0.266 e. The molecule has 1 N–H and O–H groups in total. The highest BCUT2D eigenvalue weighted by molar-refractivity contribution is 9.10. The van der Waals surface area contributed by atoms with Crippen molar-refractivity contribution in [3.8, 4) is 5.75 Å². The maximum absolute atomic E-state index is 11.9. The molecule has 20 heavy (non-hydrogen) atoms. The summed E-state index contributed by atoms with van der Waals surface area (Å²) in [5, 5.41) is 6.87. The Morgan fingerprint density at radius 2 is 2.25 bits per heavy atom. The van der Waals surface area contributed by atoms with E-state index in [2.05, 4.69) is 26.4 Å². The summed E-state index contributed by atoms with van der Waals surface area (Å²) in [6.07, 6.45) is -0.690. The van der Waals surface area contributed by atoms with Gasteiger partial charge in [0, 0.05) is 11.1 Å². The van der Waals surface area contributed by atoms with E-state index >= 15 is 0 Å². The van der Waals surface area contributed by atoms with Crippen LogP contribution in [-0.2, 0) is 4.79 Å². The fourth-order valence-corrected chi connectivity index (χ4v) is 2.24. The lowest BCUT2D eigenvalue weighted by Gasteiger charge is -2.14. The van der Waals surface area contributed by atoms with Crippen molar-refractivity contribution in [2.24, 2.45) is 0 Å². The number of nitrogens with zero attached hydrogens (tertiary/aromatic N) is 1. The number of hydrogen-bond acceptors (Lipinski definition) is 4. The Hall–Kier alpha value is -1.53. The number of carbonyl (C=O) groups excluding carboxylic acids is 1. The second-order valence-electron chi connectivity index (χ2n) is 4.15. The Morgan fingerprint density at radius 1 is 1.50 bits per heavy atom. The Morgan fingerprint density at radius 3 is 2.85 bits per heavy atom. The van der Waals surface area contributed by atoms with Crippen molar-refractivity contribution >= 4 is 39.3 Å². The van der Waals surface area contributed by atoms with Gasteiger partial charge in [0.05, 0.1) is 4.47 Å². The van der Waals surface area contributed by atoms with Crippen LogP contribution in [-0.4, -0.2) is 17.2 Å². The largest absolute Gasteiger partial charge is 0.480 e. The van der Waals surface area contributed by atoms with Gasteiger partial charge in [-0.1, -0.05) is 16.8 Å². The van der Waals surface area contributed by atoms with E-state index in [1.165, 1.54) is 0 Å². The lowest BCUT2D eigenvalue weighted by molar-refractivity contribution is -0.122. The lowest BCUT2D eigenvalue weighted by atomic mass is 10.3. The van der Waals surface area contributed by atoms with E-state index in [9.17, 15) is 4.79 Å². The highest BCUT2D eigenvalue weighted by Gasteiger charge is 2.17. The Kier molecular flexibility index (Phi) is 4.67. The van der Waals surface area contributed by atoms with Crippen LogP contribution in [0.25, 0.3) is 0 Å². The number of benzene rings is 1. The number of aromatic nitrogens is 1. The van der Waals surface area contributed by atoms with Gasteiger partial charge < -0.3 is 14.6 Å². The zero-order valence-corrected chi connectivity index (χ0v) is 13.2. The van der Waals surface area contributed by atoms with Crippen LogP contribution >= 0.6 is 27.5 Å². The first-order valence-corrected chi connectivity index (χ1v) is 6.98. The zero-order chi connectivity index (χ0) is 14.7. The van der Waals surface area contributed by atoms with Gasteiger partial charge in [0.1, 0.15) is 11.5 Å². The van der Waals surface area contributed by atoms with Gasteiger partial charge in [0.15, 0.2) is 11.9 Å². The average Bonchev–Trinajstić information content (AvgIpc) is 2.78. The third-order valence-electron chi connectivity index (χ3n) is 2.45.